The minimum Gasteiger partial charge on any atom is -0.376 e. The quantitative estimate of drug-likeness (QED) is 0.933. The van der Waals surface area contributed by atoms with Crippen LogP contribution in [0.15, 0.2) is 24.3 Å². The lowest BCUT2D eigenvalue weighted by molar-refractivity contribution is -0.0855. The molecule has 2 aromatic rings. The molecule has 1 aliphatic carbocycles. The third-order valence-corrected chi connectivity index (χ3v) is 5.11. The molecule has 25 heavy (non-hydrogen) atoms. The molecular formula is C20H24N2O3. The average molecular weight is 340 g/mol. The largest absolute Gasteiger partial charge is 0.376 e. The molecule has 1 fully saturated rings. The van der Waals surface area contributed by atoms with E-state index in [0.29, 0.717) is 32.3 Å². The maximum Gasteiger partial charge on any atom is 0.252 e. The van der Waals surface area contributed by atoms with E-state index in [2.05, 4.69) is 12.2 Å². The number of rotatable bonds is 3. The number of pyridine rings is 1. The molecule has 2 atom stereocenters. The zero-order valence-corrected chi connectivity index (χ0v) is 14.6. The zero-order valence-electron chi connectivity index (χ0n) is 14.6. The lowest BCUT2D eigenvalue weighted by atomic mass is 9.84. The van der Waals surface area contributed by atoms with Gasteiger partial charge in [0.05, 0.1) is 37.0 Å². The van der Waals surface area contributed by atoms with Gasteiger partial charge in [-0.2, -0.15) is 0 Å². The van der Waals surface area contributed by atoms with Crippen molar-refractivity contribution < 1.29 is 14.3 Å². The van der Waals surface area contributed by atoms with Gasteiger partial charge in [0, 0.05) is 17.6 Å². The van der Waals surface area contributed by atoms with Crippen molar-refractivity contribution >= 4 is 16.8 Å². The van der Waals surface area contributed by atoms with E-state index in [9.17, 15) is 4.79 Å². The first-order chi connectivity index (χ1) is 12.2. The van der Waals surface area contributed by atoms with Gasteiger partial charge in [-0.05, 0) is 36.8 Å². The summed E-state index contributed by atoms with van der Waals surface area (Å²) in [6.07, 6.45) is 2.92. The van der Waals surface area contributed by atoms with E-state index < -0.39 is 0 Å². The summed E-state index contributed by atoms with van der Waals surface area (Å²) in [7, 11) is 0. The minimum atomic E-state index is -0.0689. The Kier molecular flexibility index (Phi) is 4.68. The van der Waals surface area contributed by atoms with Crippen LogP contribution >= 0.6 is 0 Å². The zero-order chi connectivity index (χ0) is 17.2. The molecule has 2 aliphatic rings. The summed E-state index contributed by atoms with van der Waals surface area (Å²) >= 11 is 0. The van der Waals surface area contributed by atoms with Crippen LogP contribution in [-0.4, -0.2) is 43.4 Å². The Morgan fingerprint density at radius 2 is 2.20 bits per heavy atom. The third-order valence-electron chi connectivity index (χ3n) is 5.11. The summed E-state index contributed by atoms with van der Waals surface area (Å²) in [5, 5.41) is 3.99. The number of aromatic nitrogens is 1. The molecule has 0 spiro atoms. The van der Waals surface area contributed by atoms with Crippen molar-refractivity contribution in [3.8, 4) is 0 Å². The fraction of sp³-hybridized carbons (Fsp3) is 0.500. The second-order valence-corrected chi connectivity index (χ2v) is 7.05. The second-order valence-electron chi connectivity index (χ2n) is 7.05. The molecule has 1 aromatic carbocycles. The third kappa shape index (κ3) is 3.39. The van der Waals surface area contributed by atoms with Gasteiger partial charge >= 0.3 is 0 Å². The van der Waals surface area contributed by atoms with Crippen LogP contribution in [0.1, 0.15) is 35.0 Å². The number of benzene rings is 1. The molecule has 0 unspecified atom stereocenters. The lowest BCUT2D eigenvalue weighted by Gasteiger charge is -2.26. The average Bonchev–Trinajstić information content (AvgIpc) is 2.65. The van der Waals surface area contributed by atoms with Crippen molar-refractivity contribution in [1.29, 1.82) is 0 Å². The number of hydrogen-bond acceptors (Lipinski definition) is 4. The van der Waals surface area contributed by atoms with E-state index >= 15 is 0 Å². The van der Waals surface area contributed by atoms with Crippen LogP contribution in [0.25, 0.3) is 10.9 Å². The number of carbonyl (C=O) groups is 1. The van der Waals surface area contributed by atoms with Crippen molar-refractivity contribution in [2.45, 2.75) is 32.3 Å². The number of nitrogens with one attached hydrogen (secondary N) is 1. The van der Waals surface area contributed by atoms with E-state index in [1.807, 2.05) is 24.3 Å². The van der Waals surface area contributed by atoms with Crippen LogP contribution in [0.4, 0.5) is 0 Å². The number of aryl methyl sites for hydroxylation is 1. The van der Waals surface area contributed by atoms with Gasteiger partial charge in [-0.3, -0.25) is 9.78 Å². The smallest absolute Gasteiger partial charge is 0.252 e. The van der Waals surface area contributed by atoms with E-state index in [0.717, 1.165) is 47.0 Å². The van der Waals surface area contributed by atoms with Crippen LogP contribution in [-0.2, 0) is 22.3 Å². The van der Waals surface area contributed by atoms with E-state index in [1.165, 1.54) is 0 Å². The predicted octanol–water partition coefficient (Wildman–Crippen LogP) is 2.50. The number of carbonyl (C=O) groups excluding carboxylic acids is 1. The fourth-order valence-corrected chi connectivity index (χ4v) is 3.77. The monoisotopic (exact) mass is 340 g/mol. The molecule has 1 saturated heterocycles. The molecule has 1 N–H and O–H groups in total. The molecule has 132 valence electrons. The second kappa shape index (κ2) is 7.10. The molecule has 5 heteroatoms. The minimum absolute atomic E-state index is 0.0295. The van der Waals surface area contributed by atoms with Gasteiger partial charge in [0.1, 0.15) is 0 Å². The molecule has 1 amide bonds. The Morgan fingerprint density at radius 3 is 3.04 bits per heavy atom. The van der Waals surface area contributed by atoms with Gasteiger partial charge in [-0.25, -0.2) is 0 Å². The van der Waals surface area contributed by atoms with Crippen LogP contribution in [0.3, 0.4) is 0 Å². The number of nitrogens with zero attached hydrogens (tertiary/aromatic N) is 1. The number of para-hydroxylation sites is 1. The molecular weight excluding hydrogens is 316 g/mol. The molecule has 5 nitrogen and oxygen atoms in total. The Bertz CT molecular complexity index is 784. The first-order valence-electron chi connectivity index (χ1n) is 9.10. The number of amides is 1. The summed E-state index contributed by atoms with van der Waals surface area (Å²) in [5.74, 6) is 0.551. The standard InChI is InChI=1S/C20H24N2O3/c1-13-6-7-18-16(10-13)19(15-4-2-3-5-17(15)22-18)20(23)21-11-14-12-24-8-9-25-14/h2-5,13-14H,6-12H2,1H3,(H,21,23)/t13-,14+/m1/s1. The van der Waals surface area contributed by atoms with Gasteiger partial charge in [0.2, 0.25) is 0 Å². The summed E-state index contributed by atoms with van der Waals surface area (Å²) in [6, 6.07) is 7.93. The summed E-state index contributed by atoms with van der Waals surface area (Å²) < 4.78 is 11.0. The highest BCUT2D eigenvalue weighted by molar-refractivity contribution is 6.07. The van der Waals surface area contributed by atoms with E-state index in [4.69, 9.17) is 14.5 Å². The Morgan fingerprint density at radius 1 is 1.32 bits per heavy atom. The van der Waals surface area contributed by atoms with E-state index in [-0.39, 0.29) is 12.0 Å². The Labute approximate surface area is 147 Å². The Balaban J connectivity index is 1.66. The molecule has 2 heterocycles. The molecule has 1 aliphatic heterocycles. The highest BCUT2D eigenvalue weighted by atomic mass is 16.6. The maximum atomic E-state index is 13.0. The summed E-state index contributed by atoms with van der Waals surface area (Å²) in [4.78, 5) is 17.9. The van der Waals surface area contributed by atoms with Crippen LogP contribution in [0.5, 0.6) is 0 Å². The Hall–Kier alpha value is -1.98. The normalized spacial score (nSPS) is 23.2. The highest BCUT2D eigenvalue weighted by Gasteiger charge is 2.25. The molecule has 0 saturated carbocycles. The van der Waals surface area contributed by atoms with Gasteiger partial charge in [0.25, 0.3) is 5.91 Å². The molecule has 4 rings (SSSR count). The van der Waals surface area contributed by atoms with Crippen molar-refractivity contribution in [2.75, 3.05) is 26.4 Å². The van der Waals surface area contributed by atoms with Gasteiger partial charge < -0.3 is 14.8 Å². The van der Waals surface area contributed by atoms with Crippen molar-refractivity contribution in [1.82, 2.24) is 10.3 Å². The number of fused-ring (bicyclic) bond motifs is 2. The topological polar surface area (TPSA) is 60.5 Å². The lowest BCUT2D eigenvalue weighted by Crippen LogP contribution is -2.40. The van der Waals surface area contributed by atoms with Gasteiger partial charge in [-0.1, -0.05) is 25.1 Å². The van der Waals surface area contributed by atoms with Gasteiger partial charge in [0.15, 0.2) is 0 Å². The molecule has 0 bridgehead atoms. The predicted molar refractivity (Wildman–Crippen MR) is 95.8 cm³/mol. The van der Waals surface area contributed by atoms with Crippen molar-refractivity contribution in [2.24, 2.45) is 5.92 Å². The first-order valence-corrected chi connectivity index (χ1v) is 9.10. The number of hydrogen-bond donors (Lipinski definition) is 1. The van der Waals surface area contributed by atoms with Crippen LogP contribution in [0, 0.1) is 5.92 Å². The van der Waals surface area contributed by atoms with Crippen molar-refractivity contribution in [3.05, 3.63) is 41.1 Å². The first kappa shape index (κ1) is 16.5. The van der Waals surface area contributed by atoms with Crippen LogP contribution in [0.2, 0.25) is 0 Å². The number of ether oxygens (including phenoxy) is 2. The summed E-state index contributed by atoms with van der Waals surface area (Å²) in [6.45, 7) is 4.47. The molecule has 1 aromatic heterocycles. The molecule has 0 radical (unpaired) electrons. The maximum absolute atomic E-state index is 13.0. The van der Waals surface area contributed by atoms with Gasteiger partial charge in [-0.15, -0.1) is 0 Å². The highest BCUT2D eigenvalue weighted by Crippen LogP contribution is 2.31. The SMILES string of the molecule is C[C@@H]1CCc2nc3ccccc3c(C(=O)NC[C@H]3COCCO3)c2C1. The van der Waals surface area contributed by atoms with Crippen LogP contribution < -0.4 is 5.32 Å². The van der Waals surface area contributed by atoms with Crippen molar-refractivity contribution in [3.63, 3.8) is 0 Å². The van der Waals surface area contributed by atoms with E-state index in [1.54, 1.807) is 0 Å². The fourth-order valence-electron chi connectivity index (χ4n) is 3.77. The summed E-state index contributed by atoms with van der Waals surface area (Å²) in [5.41, 5.74) is 3.90.